The lowest BCUT2D eigenvalue weighted by Crippen LogP contribution is -1.88. The molecule has 12 heavy (non-hydrogen) atoms. The van der Waals surface area contributed by atoms with E-state index in [1.54, 1.807) is 0 Å². The molecule has 4 heteroatoms. The average Bonchev–Trinajstić information content (AvgIpc) is 2.28. The molecular weight excluding hydrogens is 265 g/mol. The van der Waals surface area contributed by atoms with Gasteiger partial charge in [-0.3, -0.25) is 0 Å². The molecule has 0 fully saturated rings. The first kappa shape index (κ1) is 7.85. The molecule has 2 N–H and O–H groups in total. The number of fused-ring (bicyclic) bond motifs is 1. The fraction of sp³-hybridized carbons (Fsp3) is 0.125. The highest BCUT2D eigenvalue weighted by atomic mass is 127. The number of nitrogens with zero attached hydrogens (tertiary/aromatic N) is 2. The zero-order valence-electron chi connectivity index (χ0n) is 6.58. The molecule has 2 heterocycles. The van der Waals surface area contributed by atoms with Crippen LogP contribution in [0.1, 0.15) is 5.82 Å². The van der Waals surface area contributed by atoms with Crippen molar-refractivity contribution >= 4 is 33.9 Å². The van der Waals surface area contributed by atoms with Crippen molar-refractivity contribution in [3.05, 3.63) is 27.7 Å². The van der Waals surface area contributed by atoms with Crippen molar-refractivity contribution in [3.8, 4) is 0 Å². The van der Waals surface area contributed by atoms with E-state index in [9.17, 15) is 0 Å². The summed E-state index contributed by atoms with van der Waals surface area (Å²) in [6.07, 6.45) is 2.02. The highest BCUT2D eigenvalue weighted by Crippen LogP contribution is 2.16. The van der Waals surface area contributed by atoms with Crippen LogP contribution in [0.15, 0.2) is 18.3 Å². The molecule has 62 valence electrons. The minimum atomic E-state index is 0.601. The number of hydrogen-bond acceptors (Lipinski definition) is 2. The van der Waals surface area contributed by atoms with E-state index in [-0.39, 0.29) is 0 Å². The molecule has 0 bridgehead atoms. The van der Waals surface area contributed by atoms with Crippen molar-refractivity contribution in [2.75, 3.05) is 5.73 Å². The normalized spacial score (nSPS) is 10.8. The molecule has 2 rings (SSSR count). The van der Waals surface area contributed by atoms with Gasteiger partial charge in [-0.15, -0.1) is 0 Å². The summed E-state index contributed by atoms with van der Waals surface area (Å²) < 4.78 is 3.18. The Morgan fingerprint density at radius 3 is 3.00 bits per heavy atom. The van der Waals surface area contributed by atoms with Crippen LogP contribution >= 0.6 is 22.6 Å². The second-order valence-corrected chi connectivity index (χ2v) is 3.89. The number of anilines is 1. The predicted octanol–water partition coefficient (Wildman–Crippen LogP) is 1.83. The number of hydrogen-bond donors (Lipinski definition) is 1. The van der Waals surface area contributed by atoms with E-state index in [1.165, 1.54) is 3.57 Å². The van der Waals surface area contributed by atoms with Gasteiger partial charge in [-0.2, -0.15) is 0 Å². The molecule has 2 aromatic heterocycles. The maximum Gasteiger partial charge on any atom is 0.149 e. The van der Waals surface area contributed by atoms with Crippen LogP contribution < -0.4 is 5.73 Å². The van der Waals surface area contributed by atoms with Crippen molar-refractivity contribution in [1.29, 1.82) is 0 Å². The van der Waals surface area contributed by atoms with Crippen LogP contribution in [-0.2, 0) is 0 Å². The molecule has 3 nitrogen and oxygen atoms in total. The number of nitrogens with two attached hydrogens (primary N) is 1. The summed E-state index contributed by atoms with van der Waals surface area (Å²) in [7, 11) is 0. The summed E-state index contributed by atoms with van der Waals surface area (Å²) in [5.41, 5.74) is 6.67. The Hall–Kier alpha value is -0.780. The van der Waals surface area contributed by atoms with Crippen molar-refractivity contribution in [1.82, 2.24) is 9.38 Å². The van der Waals surface area contributed by atoms with Crippen LogP contribution in [-0.4, -0.2) is 9.38 Å². The summed E-state index contributed by atoms with van der Waals surface area (Å²) in [4.78, 5) is 4.17. The van der Waals surface area contributed by atoms with Crippen LogP contribution in [0.5, 0.6) is 0 Å². The Balaban J connectivity index is 2.90. The van der Waals surface area contributed by atoms with Crippen molar-refractivity contribution < 1.29 is 0 Å². The Kier molecular flexibility index (Phi) is 1.71. The molecule has 0 atom stereocenters. The third-order valence-electron chi connectivity index (χ3n) is 1.81. The van der Waals surface area contributed by atoms with Crippen LogP contribution in [0.2, 0.25) is 0 Å². The third kappa shape index (κ3) is 1.06. The van der Waals surface area contributed by atoms with Gasteiger partial charge in [0.1, 0.15) is 11.6 Å². The Morgan fingerprint density at radius 1 is 1.50 bits per heavy atom. The average molecular weight is 273 g/mol. The number of halogens is 1. The maximum absolute atomic E-state index is 5.69. The van der Waals surface area contributed by atoms with Gasteiger partial charge >= 0.3 is 0 Å². The summed E-state index contributed by atoms with van der Waals surface area (Å²) in [5, 5.41) is 0. The van der Waals surface area contributed by atoms with E-state index < -0.39 is 0 Å². The molecule has 0 unspecified atom stereocenters. The topological polar surface area (TPSA) is 43.3 Å². The lowest BCUT2D eigenvalue weighted by atomic mass is 10.4. The van der Waals surface area contributed by atoms with Gasteiger partial charge in [0.15, 0.2) is 0 Å². The number of imidazole rings is 1. The largest absolute Gasteiger partial charge is 0.382 e. The van der Waals surface area contributed by atoms with E-state index >= 15 is 0 Å². The fourth-order valence-electron chi connectivity index (χ4n) is 1.24. The molecule has 0 aliphatic heterocycles. The van der Waals surface area contributed by atoms with Gasteiger partial charge in [-0.1, -0.05) is 0 Å². The SMILES string of the molecule is Cc1nc(N)c2ccc(I)cn12. The monoisotopic (exact) mass is 273 g/mol. The minimum absolute atomic E-state index is 0.601. The van der Waals surface area contributed by atoms with E-state index in [4.69, 9.17) is 5.73 Å². The highest BCUT2D eigenvalue weighted by molar-refractivity contribution is 14.1. The summed E-state index contributed by atoms with van der Waals surface area (Å²) >= 11 is 2.26. The molecule has 0 saturated heterocycles. The number of aryl methyl sites for hydroxylation is 1. The first-order chi connectivity index (χ1) is 5.68. The van der Waals surface area contributed by atoms with Gasteiger partial charge in [0.05, 0.1) is 5.52 Å². The molecule has 0 aromatic carbocycles. The van der Waals surface area contributed by atoms with Gasteiger partial charge in [0.2, 0.25) is 0 Å². The predicted molar refractivity (Wildman–Crippen MR) is 57.1 cm³/mol. The van der Waals surface area contributed by atoms with Gasteiger partial charge in [0.25, 0.3) is 0 Å². The number of nitrogen functional groups attached to an aromatic ring is 1. The summed E-state index contributed by atoms with van der Waals surface area (Å²) in [6, 6.07) is 4.00. The molecule has 0 aliphatic carbocycles. The molecule has 2 aromatic rings. The lowest BCUT2D eigenvalue weighted by molar-refractivity contribution is 1.04. The van der Waals surface area contributed by atoms with Crippen LogP contribution in [0, 0.1) is 10.5 Å². The van der Waals surface area contributed by atoms with Crippen molar-refractivity contribution in [3.63, 3.8) is 0 Å². The second kappa shape index (κ2) is 2.62. The Bertz CT molecular complexity index is 433. The third-order valence-corrected chi connectivity index (χ3v) is 2.44. The molecular formula is C8H8IN3. The number of aromatic nitrogens is 2. The quantitative estimate of drug-likeness (QED) is 0.744. The van der Waals surface area contributed by atoms with Gasteiger partial charge in [-0.25, -0.2) is 4.98 Å². The number of pyridine rings is 1. The molecule has 0 radical (unpaired) electrons. The standard InChI is InChI=1S/C8H8IN3/c1-5-11-8(10)7-3-2-6(9)4-12(5)7/h2-4H,10H2,1H3. The Morgan fingerprint density at radius 2 is 2.25 bits per heavy atom. The summed E-state index contributed by atoms with van der Waals surface area (Å²) in [6.45, 7) is 1.94. The van der Waals surface area contributed by atoms with E-state index in [2.05, 4.69) is 27.6 Å². The molecule has 0 saturated carbocycles. The van der Waals surface area contributed by atoms with E-state index in [1.807, 2.05) is 29.7 Å². The zero-order chi connectivity index (χ0) is 8.72. The van der Waals surface area contributed by atoms with Crippen LogP contribution in [0.25, 0.3) is 5.52 Å². The summed E-state index contributed by atoms with van der Waals surface area (Å²) in [5.74, 6) is 1.53. The smallest absolute Gasteiger partial charge is 0.149 e. The van der Waals surface area contributed by atoms with Crippen LogP contribution in [0.3, 0.4) is 0 Å². The van der Waals surface area contributed by atoms with Crippen molar-refractivity contribution in [2.24, 2.45) is 0 Å². The van der Waals surface area contributed by atoms with Gasteiger partial charge in [-0.05, 0) is 41.6 Å². The van der Waals surface area contributed by atoms with E-state index in [0.29, 0.717) is 5.82 Å². The molecule has 0 aliphatic rings. The zero-order valence-corrected chi connectivity index (χ0v) is 8.74. The molecule has 0 amide bonds. The van der Waals surface area contributed by atoms with E-state index in [0.717, 1.165) is 11.3 Å². The lowest BCUT2D eigenvalue weighted by Gasteiger charge is -1.96. The minimum Gasteiger partial charge on any atom is -0.382 e. The van der Waals surface area contributed by atoms with Gasteiger partial charge < -0.3 is 10.1 Å². The first-order valence-corrected chi connectivity index (χ1v) is 4.66. The highest BCUT2D eigenvalue weighted by Gasteiger charge is 2.03. The van der Waals surface area contributed by atoms with Gasteiger partial charge in [0, 0.05) is 9.77 Å². The first-order valence-electron chi connectivity index (χ1n) is 3.58. The van der Waals surface area contributed by atoms with Crippen molar-refractivity contribution in [2.45, 2.75) is 6.92 Å². The molecule has 0 spiro atoms. The fourth-order valence-corrected chi connectivity index (χ4v) is 1.70. The number of rotatable bonds is 0. The Labute approximate surface area is 83.7 Å². The van der Waals surface area contributed by atoms with Crippen LogP contribution in [0.4, 0.5) is 5.82 Å². The maximum atomic E-state index is 5.69. The second-order valence-electron chi connectivity index (χ2n) is 2.65.